The fraction of sp³-hybridized carbons (Fsp3) is 0.353. The average molecular weight is 290 g/mol. The number of aromatic nitrogens is 1. The standard InChI is InChI=1S/C17H20ClNO/c1-2-16-11-15(13-18)12-17(19-16)20-10-6-9-14-7-4-3-5-8-14/h3-5,7-8,11-12H,2,6,9-10,13H2,1H3. The highest BCUT2D eigenvalue weighted by molar-refractivity contribution is 6.17. The summed E-state index contributed by atoms with van der Waals surface area (Å²) in [4.78, 5) is 4.46. The maximum atomic E-state index is 5.89. The third-order valence-electron chi connectivity index (χ3n) is 3.13. The second-order valence-corrected chi connectivity index (χ2v) is 5.00. The molecule has 20 heavy (non-hydrogen) atoms. The molecule has 1 aromatic heterocycles. The summed E-state index contributed by atoms with van der Waals surface area (Å²) in [6, 6.07) is 14.4. The maximum Gasteiger partial charge on any atom is 0.213 e. The van der Waals surface area contributed by atoms with Crippen LogP contribution in [0.1, 0.15) is 30.2 Å². The van der Waals surface area contributed by atoms with E-state index in [1.165, 1.54) is 5.56 Å². The number of hydrogen-bond donors (Lipinski definition) is 0. The van der Waals surface area contributed by atoms with Gasteiger partial charge in [-0.15, -0.1) is 11.6 Å². The number of aryl methyl sites for hydroxylation is 2. The molecule has 0 bridgehead atoms. The zero-order valence-electron chi connectivity index (χ0n) is 11.8. The van der Waals surface area contributed by atoms with Gasteiger partial charge in [0.05, 0.1) is 6.61 Å². The molecule has 0 atom stereocenters. The lowest BCUT2D eigenvalue weighted by Crippen LogP contribution is -2.03. The molecular formula is C17H20ClNO. The maximum absolute atomic E-state index is 5.89. The minimum atomic E-state index is 0.496. The third kappa shape index (κ3) is 4.53. The van der Waals surface area contributed by atoms with E-state index in [0.29, 0.717) is 18.4 Å². The number of alkyl halides is 1. The summed E-state index contributed by atoms with van der Waals surface area (Å²) in [5.41, 5.74) is 3.44. The molecule has 2 rings (SSSR count). The Labute approximate surface area is 125 Å². The Bertz CT molecular complexity index is 506. The van der Waals surface area contributed by atoms with Gasteiger partial charge in [-0.3, -0.25) is 0 Å². The molecule has 2 nitrogen and oxygen atoms in total. The number of benzene rings is 1. The Balaban J connectivity index is 1.84. The van der Waals surface area contributed by atoms with Gasteiger partial charge < -0.3 is 4.74 Å². The Morgan fingerprint density at radius 1 is 1.10 bits per heavy atom. The molecule has 1 heterocycles. The van der Waals surface area contributed by atoms with E-state index in [0.717, 1.165) is 30.5 Å². The summed E-state index contributed by atoms with van der Waals surface area (Å²) in [6.45, 7) is 2.76. The largest absolute Gasteiger partial charge is 0.478 e. The SMILES string of the molecule is CCc1cc(CCl)cc(OCCCc2ccccc2)n1. The van der Waals surface area contributed by atoms with Gasteiger partial charge in [-0.2, -0.15) is 0 Å². The molecule has 106 valence electrons. The first-order valence-corrected chi connectivity index (χ1v) is 7.57. The van der Waals surface area contributed by atoms with E-state index in [1.807, 2.05) is 18.2 Å². The van der Waals surface area contributed by atoms with Crippen molar-refractivity contribution in [1.82, 2.24) is 4.98 Å². The molecule has 0 N–H and O–H groups in total. The number of pyridine rings is 1. The molecule has 3 heteroatoms. The van der Waals surface area contributed by atoms with Gasteiger partial charge in [0.1, 0.15) is 0 Å². The van der Waals surface area contributed by atoms with E-state index in [9.17, 15) is 0 Å². The van der Waals surface area contributed by atoms with Crippen LogP contribution in [0.25, 0.3) is 0 Å². The van der Waals surface area contributed by atoms with E-state index in [4.69, 9.17) is 16.3 Å². The molecule has 1 aromatic carbocycles. The van der Waals surface area contributed by atoms with Crippen LogP contribution in [-0.4, -0.2) is 11.6 Å². The number of hydrogen-bond acceptors (Lipinski definition) is 2. The van der Waals surface area contributed by atoms with Crippen LogP contribution in [0.5, 0.6) is 5.88 Å². The van der Waals surface area contributed by atoms with Crippen LogP contribution in [0.4, 0.5) is 0 Å². The molecule has 0 saturated carbocycles. The van der Waals surface area contributed by atoms with Crippen molar-refractivity contribution < 1.29 is 4.74 Å². The third-order valence-corrected chi connectivity index (χ3v) is 3.44. The first kappa shape index (κ1) is 14.9. The summed E-state index contributed by atoms with van der Waals surface area (Å²) in [7, 11) is 0. The summed E-state index contributed by atoms with van der Waals surface area (Å²) in [6.07, 6.45) is 2.90. The van der Waals surface area contributed by atoms with Gasteiger partial charge in [-0.1, -0.05) is 37.3 Å². The second-order valence-electron chi connectivity index (χ2n) is 4.73. The second kappa shape index (κ2) is 7.91. The van der Waals surface area contributed by atoms with E-state index < -0.39 is 0 Å². The normalized spacial score (nSPS) is 10.5. The number of nitrogens with zero attached hydrogens (tertiary/aromatic N) is 1. The Morgan fingerprint density at radius 2 is 1.90 bits per heavy atom. The molecule has 0 aliphatic rings. The van der Waals surface area contributed by atoms with Crippen LogP contribution in [0.2, 0.25) is 0 Å². The van der Waals surface area contributed by atoms with Crippen molar-refractivity contribution in [2.24, 2.45) is 0 Å². The van der Waals surface area contributed by atoms with Crippen molar-refractivity contribution >= 4 is 11.6 Å². The smallest absolute Gasteiger partial charge is 0.213 e. The zero-order valence-corrected chi connectivity index (χ0v) is 12.6. The lowest BCUT2D eigenvalue weighted by molar-refractivity contribution is 0.298. The van der Waals surface area contributed by atoms with Crippen LogP contribution >= 0.6 is 11.6 Å². The van der Waals surface area contributed by atoms with Crippen molar-refractivity contribution in [3.63, 3.8) is 0 Å². The highest BCUT2D eigenvalue weighted by Crippen LogP contribution is 2.15. The first-order valence-electron chi connectivity index (χ1n) is 7.04. The highest BCUT2D eigenvalue weighted by Gasteiger charge is 2.02. The number of halogens is 1. The van der Waals surface area contributed by atoms with Gasteiger partial charge in [0.2, 0.25) is 5.88 Å². The molecule has 0 saturated heterocycles. The molecule has 2 aromatic rings. The van der Waals surface area contributed by atoms with Crippen LogP contribution in [0.3, 0.4) is 0 Å². The molecule has 0 radical (unpaired) electrons. The highest BCUT2D eigenvalue weighted by atomic mass is 35.5. The molecule has 0 aliphatic carbocycles. The lowest BCUT2D eigenvalue weighted by Gasteiger charge is -2.08. The van der Waals surface area contributed by atoms with Gasteiger partial charge in [-0.25, -0.2) is 4.98 Å². The van der Waals surface area contributed by atoms with E-state index in [1.54, 1.807) is 0 Å². The van der Waals surface area contributed by atoms with Crippen molar-refractivity contribution in [3.05, 3.63) is 59.3 Å². The van der Waals surface area contributed by atoms with Gasteiger partial charge in [0.25, 0.3) is 0 Å². The summed E-state index contributed by atoms with van der Waals surface area (Å²) < 4.78 is 5.74. The topological polar surface area (TPSA) is 22.1 Å². The van der Waals surface area contributed by atoms with Crippen LogP contribution in [0, 0.1) is 0 Å². The lowest BCUT2D eigenvalue weighted by atomic mass is 10.1. The van der Waals surface area contributed by atoms with Gasteiger partial charge >= 0.3 is 0 Å². The van der Waals surface area contributed by atoms with Crippen molar-refractivity contribution in [2.45, 2.75) is 32.1 Å². The molecule has 0 fully saturated rings. The minimum Gasteiger partial charge on any atom is -0.478 e. The van der Waals surface area contributed by atoms with Crippen molar-refractivity contribution in [2.75, 3.05) is 6.61 Å². The van der Waals surface area contributed by atoms with Crippen LogP contribution < -0.4 is 4.74 Å². The van der Waals surface area contributed by atoms with Crippen molar-refractivity contribution in [1.29, 1.82) is 0 Å². The van der Waals surface area contributed by atoms with Crippen LogP contribution in [0.15, 0.2) is 42.5 Å². The Hall–Kier alpha value is -1.54. The minimum absolute atomic E-state index is 0.496. The predicted molar refractivity (Wildman–Crippen MR) is 83.4 cm³/mol. The molecule has 0 unspecified atom stereocenters. The van der Waals surface area contributed by atoms with Gasteiger partial charge in [0.15, 0.2) is 0 Å². The Morgan fingerprint density at radius 3 is 2.60 bits per heavy atom. The van der Waals surface area contributed by atoms with E-state index in [2.05, 4.69) is 36.2 Å². The summed E-state index contributed by atoms with van der Waals surface area (Å²) >= 11 is 5.89. The molecule has 0 spiro atoms. The zero-order chi connectivity index (χ0) is 14.2. The number of rotatable bonds is 7. The number of ether oxygens (including phenoxy) is 1. The first-order chi connectivity index (χ1) is 9.81. The monoisotopic (exact) mass is 289 g/mol. The van der Waals surface area contributed by atoms with E-state index >= 15 is 0 Å². The fourth-order valence-electron chi connectivity index (χ4n) is 2.05. The van der Waals surface area contributed by atoms with E-state index in [-0.39, 0.29) is 0 Å². The predicted octanol–water partition coefficient (Wildman–Crippen LogP) is 4.39. The average Bonchev–Trinajstić information content (AvgIpc) is 2.52. The van der Waals surface area contributed by atoms with Gasteiger partial charge in [-0.05, 0) is 36.5 Å². The van der Waals surface area contributed by atoms with Crippen molar-refractivity contribution in [3.8, 4) is 5.88 Å². The Kier molecular flexibility index (Phi) is 5.87. The fourth-order valence-corrected chi connectivity index (χ4v) is 2.20. The quantitative estimate of drug-likeness (QED) is 0.557. The molecule has 0 aliphatic heterocycles. The van der Waals surface area contributed by atoms with Gasteiger partial charge in [0, 0.05) is 17.6 Å². The molecule has 0 amide bonds. The summed E-state index contributed by atoms with van der Waals surface area (Å²) in [5, 5.41) is 0. The summed E-state index contributed by atoms with van der Waals surface area (Å²) in [5.74, 6) is 1.18. The van der Waals surface area contributed by atoms with Crippen LogP contribution in [-0.2, 0) is 18.7 Å². The molecular weight excluding hydrogens is 270 g/mol.